The van der Waals surface area contributed by atoms with Crippen LogP contribution < -0.4 is 5.56 Å². The maximum absolute atomic E-state index is 12.8. The van der Waals surface area contributed by atoms with Gasteiger partial charge in [0.25, 0.3) is 5.56 Å². The molecule has 3 aromatic rings. The molecule has 2 aromatic heterocycles. The number of benzene rings is 1. The van der Waals surface area contributed by atoms with Gasteiger partial charge in [-0.1, -0.05) is 18.2 Å². The van der Waals surface area contributed by atoms with E-state index in [9.17, 15) is 14.7 Å². The zero-order valence-electron chi connectivity index (χ0n) is 13.1. The Balaban J connectivity index is 2.33. The first kappa shape index (κ1) is 15.0. The molecule has 6 heteroatoms. The van der Waals surface area contributed by atoms with E-state index in [4.69, 9.17) is 0 Å². The highest BCUT2D eigenvalue weighted by molar-refractivity contribution is 5.88. The summed E-state index contributed by atoms with van der Waals surface area (Å²) in [5.41, 5.74) is 1.81. The van der Waals surface area contributed by atoms with E-state index in [-0.39, 0.29) is 5.56 Å². The molecule has 1 N–H and O–H groups in total. The topological polar surface area (TPSA) is 77.1 Å². The first-order valence-corrected chi connectivity index (χ1v) is 7.31. The lowest BCUT2D eigenvalue weighted by Crippen LogP contribution is -2.21. The molecule has 0 spiro atoms. The summed E-state index contributed by atoms with van der Waals surface area (Å²) in [4.78, 5) is 24.2. The molecule has 1 aromatic carbocycles. The molecule has 2 heterocycles. The Morgan fingerprint density at radius 1 is 1.17 bits per heavy atom. The molecular formula is C17H17N3O3. The van der Waals surface area contributed by atoms with Crippen LogP contribution in [0, 0.1) is 13.8 Å². The van der Waals surface area contributed by atoms with E-state index in [1.165, 1.54) is 4.68 Å². The number of para-hydroxylation sites is 1. The molecule has 1 atom stereocenters. The number of rotatable bonds is 3. The van der Waals surface area contributed by atoms with E-state index < -0.39 is 12.0 Å². The molecule has 0 bridgehead atoms. The SMILES string of the molecule is Cc1c2cnn(-c3ccccc3)c(=O)c2c(C)n1C(C)C(=O)O. The molecule has 0 amide bonds. The quantitative estimate of drug-likeness (QED) is 0.806. The largest absolute Gasteiger partial charge is 0.480 e. The van der Waals surface area contributed by atoms with Crippen LogP contribution >= 0.6 is 0 Å². The minimum Gasteiger partial charge on any atom is -0.480 e. The average molecular weight is 311 g/mol. The molecule has 1 unspecified atom stereocenters. The number of aliphatic carboxylic acids is 1. The van der Waals surface area contributed by atoms with Gasteiger partial charge in [0.2, 0.25) is 0 Å². The maximum atomic E-state index is 12.8. The maximum Gasteiger partial charge on any atom is 0.326 e. The lowest BCUT2D eigenvalue weighted by molar-refractivity contribution is -0.140. The van der Waals surface area contributed by atoms with E-state index in [1.807, 2.05) is 25.1 Å². The van der Waals surface area contributed by atoms with Crippen molar-refractivity contribution in [2.24, 2.45) is 0 Å². The molecule has 6 nitrogen and oxygen atoms in total. The lowest BCUT2D eigenvalue weighted by Gasteiger charge is -2.13. The highest BCUT2D eigenvalue weighted by Gasteiger charge is 2.23. The van der Waals surface area contributed by atoms with Crippen molar-refractivity contribution in [3.05, 3.63) is 58.3 Å². The van der Waals surface area contributed by atoms with Crippen LogP contribution in [0.4, 0.5) is 0 Å². The second-order valence-electron chi connectivity index (χ2n) is 5.54. The number of carboxylic acids is 1. The Morgan fingerprint density at radius 3 is 2.43 bits per heavy atom. The Kier molecular flexibility index (Phi) is 3.52. The smallest absolute Gasteiger partial charge is 0.326 e. The number of hydrogen-bond donors (Lipinski definition) is 1. The third kappa shape index (κ3) is 2.23. The van der Waals surface area contributed by atoms with Gasteiger partial charge in [-0.05, 0) is 32.9 Å². The molecule has 0 fully saturated rings. The van der Waals surface area contributed by atoms with Gasteiger partial charge in [-0.15, -0.1) is 0 Å². The highest BCUT2D eigenvalue weighted by Crippen LogP contribution is 2.26. The fraction of sp³-hybridized carbons (Fsp3) is 0.235. The van der Waals surface area contributed by atoms with Crippen LogP contribution in [0.5, 0.6) is 0 Å². The van der Waals surface area contributed by atoms with Crippen molar-refractivity contribution in [2.45, 2.75) is 26.8 Å². The van der Waals surface area contributed by atoms with Gasteiger partial charge in [0.15, 0.2) is 0 Å². The van der Waals surface area contributed by atoms with Crippen molar-refractivity contribution in [3.63, 3.8) is 0 Å². The first-order chi connectivity index (χ1) is 10.9. The lowest BCUT2D eigenvalue weighted by atomic mass is 10.2. The van der Waals surface area contributed by atoms with Crippen molar-refractivity contribution < 1.29 is 9.90 Å². The Labute approximate surface area is 132 Å². The Morgan fingerprint density at radius 2 is 1.83 bits per heavy atom. The van der Waals surface area contributed by atoms with E-state index in [0.717, 1.165) is 5.69 Å². The molecule has 23 heavy (non-hydrogen) atoms. The molecule has 0 saturated carbocycles. The van der Waals surface area contributed by atoms with Crippen LogP contribution in [0.25, 0.3) is 16.5 Å². The second-order valence-corrected chi connectivity index (χ2v) is 5.54. The summed E-state index contributed by atoms with van der Waals surface area (Å²) in [6.45, 7) is 5.18. The van der Waals surface area contributed by atoms with Crippen molar-refractivity contribution in [1.29, 1.82) is 0 Å². The molecule has 118 valence electrons. The molecule has 0 aliphatic heterocycles. The molecule has 0 aliphatic rings. The number of aromatic nitrogens is 3. The molecule has 0 saturated heterocycles. The van der Waals surface area contributed by atoms with Crippen LogP contribution in [0.1, 0.15) is 24.4 Å². The van der Waals surface area contributed by atoms with Gasteiger partial charge >= 0.3 is 5.97 Å². The Bertz CT molecular complexity index is 955. The van der Waals surface area contributed by atoms with Gasteiger partial charge in [0, 0.05) is 16.8 Å². The normalized spacial score (nSPS) is 12.5. The fourth-order valence-corrected chi connectivity index (χ4v) is 3.02. The minimum absolute atomic E-state index is 0.245. The van der Waals surface area contributed by atoms with Gasteiger partial charge in [-0.3, -0.25) is 4.79 Å². The predicted molar refractivity (Wildman–Crippen MR) is 87.2 cm³/mol. The number of carbonyl (C=O) groups is 1. The Hall–Kier alpha value is -2.89. The third-order valence-corrected chi connectivity index (χ3v) is 4.20. The third-order valence-electron chi connectivity index (χ3n) is 4.20. The van der Waals surface area contributed by atoms with Crippen molar-refractivity contribution in [1.82, 2.24) is 14.3 Å². The number of aryl methyl sites for hydroxylation is 2. The van der Waals surface area contributed by atoms with E-state index in [0.29, 0.717) is 22.2 Å². The number of carboxylic acid groups (broad SMARTS) is 1. The van der Waals surface area contributed by atoms with E-state index >= 15 is 0 Å². The zero-order valence-corrected chi connectivity index (χ0v) is 13.1. The average Bonchev–Trinajstić information content (AvgIpc) is 2.79. The standard InChI is InChI=1S/C17H17N3O3/c1-10-14-9-18-20(13-7-5-4-6-8-13)16(21)15(14)11(2)19(10)12(3)17(22)23/h4-9,12H,1-3H3,(H,22,23). The van der Waals surface area contributed by atoms with Crippen molar-refractivity contribution in [3.8, 4) is 5.69 Å². The monoisotopic (exact) mass is 311 g/mol. The van der Waals surface area contributed by atoms with Gasteiger partial charge in [-0.25, -0.2) is 4.79 Å². The van der Waals surface area contributed by atoms with Gasteiger partial charge in [-0.2, -0.15) is 9.78 Å². The highest BCUT2D eigenvalue weighted by atomic mass is 16.4. The summed E-state index contributed by atoms with van der Waals surface area (Å²) in [6.07, 6.45) is 1.62. The summed E-state index contributed by atoms with van der Waals surface area (Å²) < 4.78 is 3.01. The summed E-state index contributed by atoms with van der Waals surface area (Å²) >= 11 is 0. The summed E-state index contributed by atoms with van der Waals surface area (Å²) in [5.74, 6) is -0.937. The van der Waals surface area contributed by atoms with Crippen molar-refractivity contribution in [2.75, 3.05) is 0 Å². The molecule has 3 rings (SSSR count). The summed E-state index contributed by atoms with van der Waals surface area (Å²) in [6, 6.07) is 8.41. The first-order valence-electron chi connectivity index (χ1n) is 7.31. The number of fused-ring (bicyclic) bond motifs is 1. The summed E-state index contributed by atoms with van der Waals surface area (Å²) in [5, 5.41) is 14.7. The summed E-state index contributed by atoms with van der Waals surface area (Å²) in [7, 11) is 0. The van der Waals surface area contributed by atoms with Crippen molar-refractivity contribution >= 4 is 16.7 Å². The van der Waals surface area contributed by atoms with E-state index in [2.05, 4.69) is 5.10 Å². The number of nitrogens with zero attached hydrogens (tertiary/aromatic N) is 3. The molecule has 0 radical (unpaired) electrons. The van der Waals surface area contributed by atoms with Crippen LogP contribution in [0.2, 0.25) is 0 Å². The van der Waals surface area contributed by atoms with E-state index in [1.54, 1.807) is 36.7 Å². The minimum atomic E-state index is -0.937. The predicted octanol–water partition coefficient (Wildman–Crippen LogP) is 2.45. The van der Waals surface area contributed by atoms with Gasteiger partial charge in [0.05, 0.1) is 17.3 Å². The van der Waals surface area contributed by atoms with Gasteiger partial charge in [0.1, 0.15) is 6.04 Å². The molecule has 0 aliphatic carbocycles. The van der Waals surface area contributed by atoms with Crippen LogP contribution in [0.15, 0.2) is 41.3 Å². The van der Waals surface area contributed by atoms with Crippen LogP contribution in [-0.4, -0.2) is 25.4 Å². The van der Waals surface area contributed by atoms with Crippen LogP contribution in [-0.2, 0) is 4.79 Å². The fourth-order valence-electron chi connectivity index (χ4n) is 3.02. The zero-order chi connectivity index (χ0) is 16.7. The van der Waals surface area contributed by atoms with Crippen LogP contribution in [0.3, 0.4) is 0 Å². The second kappa shape index (κ2) is 5.39. The molecular weight excluding hydrogens is 294 g/mol. The number of hydrogen-bond acceptors (Lipinski definition) is 3. The van der Waals surface area contributed by atoms with Gasteiger partial charge < -0.3 is 9.67 Å².